The molecule has 0 spiro atoms. The summed E-state index contributed by atoms with van der Waals surface area (Å²) in [5.74, 6) is 2.13. The lowest BCUT2D eigenvalue weighted by Crippen LogP contribution is -2.06. The fraction of sp³-hybridized carbons (Fsp3) is 0.444. The van der Waals surface area contributed by atoms with Crippen LogP contribution in [0.3, 0.4) is 0 Å². The van der Waals surface area contributed by atoms with E-state index in [1.807, 2.05) is 0 Å². The molecule has 5 heteroatoms. The number of carbonyl (C=O) groups is 1. The Morgan fingerprint density at radius 2 is 2.43 bits per heavy atom. The maximum atomic E-state index is 11.4. The fourth-order valence-corrected chi connectivity index (χ4v) is 2.44. The van der Waals surface area contributed by atoms with Crippen LogP contribution in [0, 0.1) is 0 Å². The highest BCUT2D eigenvalue weighted by Crippen LogP contribution is 2.37. The molecular formula is C9H11NO3S. The monoisotopic (exact) mass is 213 g/mol. The normalized spacial score (nSPS) is 14.1. The number of thioether (sulfide) groups is 1. The highest BCUT2D eigenvalue weighted by Gasteiger charge is 2.26. The number of fused-ring (bicyclic) bond motifs is 1. The van der Waals surface area contributed by atoms with Crippen LogP contribution in [0.15, 0.2) is 4.42 Å². The predicted molar refractivity (Wildman–Crippen MR) is 54.1 cm³/mol. The third-order valence-electron chi connectivity index (χ3n) is 2.07. The van der Waals surface area contributed by atoms with E-state index in [1.165, 1.54) is 0 Å². The van der Waals surface area contributed by atoms with Gasteiger partial charge in [0.2, 0.25) is 5.76 Å². The first-order chi connectivity index (χ1) is 6.74. The molecule has 1 aromatic heterocycles. The van der Waals surface area contributed by atoms with Gasteiger partial charge in [0.25, 0.3) is 0 Å². The summed E-state index contributed by atoms with van der Waals surface area (Å²) in [6.45, 7) is 2.08. The molecule has 0 radical (unpaired) electrons. The molecule has 0 fully saturated rings. The Morgan fingerprint density at radius 1 is 1.64 bits per heavy atom. The minimum absolute atomic E-state index is 0.164. The van der Waals surface area contributed by atoms with Crippen LogP contribution in [0.5, 0.6) is 0 Å². The second-order valence-corrected chi connectivity index (χ2v) is 3.95. The maximum Gasteiger partial charge on any atom is 0.376 e. The van der Waals surface area contributed by atoms with E-state index in [4.69, 9.17) is 14.9 Å². The zero-order valence-electron chi connectivity index (χ0n) is 7.83. The van der Waals surface area contributed by atoms with Crippen molar-refractivity contribution < 1.29 is 13.9 Å². The van der Waals surface area contributed by atoms with E-state index in [0.29, 0.717) is 12.3 Å². The molecule has 1 aliphatic heterocycles. The Balaban J connectivity index is 2.32. The van der Waals surface area contributed by atoms with Crippen molar-refractivity contribution in [3.8, 4) is 0 Å². The van der Waals surface area contributed by atoms with Crippen LogP contribution in [0.4, 0.5) is 5.69 Å². The molecule has 0 unspecified atom stereocenters. The van der Waals surface area contributed by atoms with Gasteiger partial charge >= 0.3 is 5.97 Å². The van der Waals surface area contributed by atoms with E-state index in [1.54, 1.807) is 18.7 Å². The number of rotatable bonds is 2. The number of hydrogen-bond acceptors (Lipinski definition) is 5. The van der Waals surface area contributed by atoms with Crippen LogP contribution in [0.25, 0.3) is 0 Å². The van der Waals surface area contributed by atoms with Gasteiger partial charge in [-0.2, -0.15) is 0 Å². The summed E-state index contributed by atoms with van der Waals surface area (Å²) in [7, 11) is 0. The molecule has 0 aromatic carbocycles. The van der Waals surface area contributed by atoms with Gasteiger partial charge in [-0.1, -0.05) is 0 Å². The van der Waals surface area contributed by atoms with E-state index in [0.717, 1.165) is 22.8 Å². The Labute approximate surface area is 85.8 Å². The number of furan rings is 1. The minimum Gasteiger partial charge on any atom is -0.460 e. The van der Waals surface area contributed by atoms with Crippen molar-refractivity contribution in [1.82, 2.24) is 0 Å². The van der Waals surface area contributed by atoms with Crippen molar-refractivity contribution in [3.05, 3.63) is 17.1 Å². The quantitative estimate of drug-likeness (QED) is 0.758. The molecule has 2 N–H and O–H groups in total. The number of hydrogen-bond donors (Lipinski definition) is 1. The third kappa shape index (κ3) is 1.37. The lowest BCUT2D eigenvalue weighted by Gasteiger charge is -1.99. The molecule has 0 saturated carbocycles. The molecule has 0 bridgehead atoms. The lowest BCUT2D eigenvalue weighted by atomic mass is 10.2. The van der Waals surface area contributed by atoms with Crippen LogP contribution >= 0.6 is 11.8 Å². The molecule has 14 heavy (non-hydrogen) atoms. The largest absolute Gasteiger partial charge is 0.460 e. The molecule has 1 aliphatic rings. The number of nitrogens with two attached hydrogens (primary N) is 1. The third-order valence-corrected chi connectivity index (χ3v) is 3.03. The van der Waals surface area contributed by atoms with E-state index in [9.17, 15) is 4.79 Å². The zero-order valence-corrected chi connectivity index (χ0v) is 8.65. The predicted octanol–water partition coefficient (Wildman–Crippen LogP) is 1.79. The summed E-state index contributed by atoms with van der Waals surface area (Å²) < 4.78 is 10.2. The van der Waals surface area contributed by atoms with E-state index in [2.05, 4.69) is 0 Å². The lowest BCUT2D eigenvalue weighted by molar-refractivity contribution is 0.0490. The molecule has 0 amide bonds. The van der Waals surface area contributed by atoms with Gasteiger partial charge in [0.05, 0.1) is 18.0 Å². The van der Waals surface area contributed by atoms with Crippen LogP contribution in [-0.4, -0.2) is 12.6 Å². The van der Waals surface area contributed by atoms with E-state index in [-0.39, 0.29) is 5.76 Å². The van der Waals surface area contributed by atoms with Crippen LogP contribution in [0.1, 0.15) is 28.8 Å². The van der Waals surface area contributed by atoms with Gasteiger partial charge in [-0.25, -0.2) is 4.79 Å². The van der Waals surface area contributed by atoms with Crippen molar-refractivity contribution in [2.75, 3.05) is 12.3 Å². The average molecular weight is 213 g/mol. The van der Waals surface area contributed by atoms with Gasteiger partial charge in [-0.15, -0.1) is 11.8 Å². The highest BCUT2D eigenvalue weighted by atomic mass is 32.2. The molecular weight excluding hydrogens is 202 g/mol. The zero-order chi connectivity index (χ0) is 10.1. The number of carbonyl (C=O) groups excluding carboxylic acids is 1. The summed E-state index contributed by atoms with van der Waals surface area (Å²) in [5.41, 5.74) is 7.18. The van der Waals surface area contributed by atoms with E-state index >= 15 is 0 Å². The Kier molecular flexibility index (Phi) is 2.41. The van der Waals surface area contributed by atoms with Gasteiger partial charge in [-0.3, -0.25) is 0 Å². The van der Waals surface area contributed by atoms with Crippen molar-refractivity contribution in [2.24, 2.45) is 0 Å². The van der Waals surface area contributed by atoms with Crippen molar-refractivity contribution in [3.63, 3.8) is 0 Å². The Hall–Kier alpha value is -1.10. The van der Waals surface area contributed by atoms with Crippen molar-refractivity contribution >= 4 is 23.4 Å². The number of nitrogen functional groups attached to an aromatic ring is 1. The average Bonchev–Trinajstić information content (AvgIpc) is 2.69. The molecule has 1 aromatic rings. The summed E-state index contributed by atoms with van der Waals surface area (Å²) in [5, 5.41) is 0. The minimum atomic E-state index is -0.468. The van der Waals surface area contributed by atoms with Gasteiger partial charge in [0.15, 0.2) is 0 Å². The SMILES string of the molecule is CCOC(=O)c1oc2c(c1N)CSC2. The molecule has 0 atom stereocenters. The highest BCUT2D eigenvalue weighted by molar-refractivity contribution is 7.98. The van der Waals surface area contributed by atoms with Gasteiger partial charge in [0, 0.05) is 11.3 Å². The summed E-state index contributed by atoms with van der Waals surface area (Å²) >= 11 is 1.73. The molecule has 4 nitrogen and oxygen atoms in total. The van der Waals surface area contributed by atoms with Gasteiger partial charge in [0.1, 0.15) is 5.76 Å². The first-order valence-corrected chi connectivity index (χ1v) is 5.54. The first kappa shape index (κ1) is 9.45. The summed E-state index contributed by atoms with van der Waals surface area (Å²) in [4.78, 5) is 11.4. The molecule has 0 aliphatic carbocycles. The molecule has 76 valence electrons. The Morgan fingerprint density at radius 3 is 3.07 bits per heavy atom. The Bertz CT molecular complexity index is 372. The van der Waals surface area contributed by atoms with Crippen LogP contribution in [-0.2, 0) is 16.2 Å². The smallest absolute Gasteiger partial charge is 0.376 e. The summed E-state index contributed by atoms with van der Waals surface area (Å²) in [6, 6.07) is 0. The number of ether oxygens (including phenoxy) is 1. The molecule has 0 saturated heterocycles. The van der Waals surface area contributed by atoms with E-state index < -0.39 is 5.97 Å². The standard InChI is InChI=1S/C9H11NO3S/c1-2-12-9(11)8-7(10)5-3-14-4-6(5)13-8/h2-4,10H2,1H3. The fourth-order valence-electron chi connectivity index (χ4n) is 1.40. The van der Waals surface area contributed by atoms with Crippen molar-refractivity contribution in [2.45, 2.75) is 18.4 Å². The van der Waals surface area contributed by atoms with Crippen molar-refractivity contribution in [1.29, 1.82) is 0 Å². The number of anilines is 1. The first-order valence-electron chi connectivity index (χ1n) is 4.39. The van der Waals surface area contributed by atoms with Gasteiger partial charge < -0.3 is 14.9 Å². The summed E-state index contributed by atoms with van der Waals surface area (Å²) in [6.07, 6.45) is 0. The van der Waals surface area contributed by atoms with Gasteiger partial charge in [-0.05, 0) is 6.92 Å². The van der Waals surface area contributed by atoms with Crippen LogP contribution in [0.2, 0.25) is 0 Å². The second-order valence-electron chi connectivity index (χ2n) is 2.96. The second kappa shape index (κ2) is 3.57. The van der Waals surface area contributed by atoms with Crippen LogP contribution < -0.4 is 5.73 Å². The maximum absolute atomic E-state index is 11.4. The topological polar surface area (TPSA) is 65.5 Å². The number of esters is 1. The molecule has 2 rings (SSSR count). The molecule has 2 heterocycles.